The second-order valence-electron chi connectivity index (χ2n) is 8.31. The standard InChI is InChI=1S/C26H28ClN5O/c1-4-9-26(5-2)21-8-10-30-15-23(21)32(25(26)33)16-22-24(18(12-28)13-29-3)20-7-6-19(27)11-17(20)14-31-22/h6-8,10-15,28-29H,4-5,9,16H2,1-3H3/b18-13+,28-12?. The van der Waals surface area contributed by atoms with Gasteiger partial charge in [-0.3, -0.25) is 14.8 Å². The lowest BCUT2D eigenvalue weighted by molar-refractivity contribution is -0.123. The van der Waals surface area contributed by atoms with Gasteiger partial charge in [0.15, 0.2) is 0 Å². The molecule has 2 N–H and O–H groups in total. The van der Waals surface area contributed by atoms with Gasteiger partial charge in [-0.05, 0) is 42.0 Å². The van der Waals surface area contributed by atoms with Crippen LogP contribution in [-0.4, -0.2) is 29.1 Å². The monoisotopic (exact) mass is 461 g/mol. The van der Waals surface area contributed by atoms with E-state index in [9.17, 15) is 4.79 Å². The van der Waals surface area contributed by atoms with Crippen molar-refractivity contribution in [3.05, 3.63) is 70.9 Å². The van der Waals surface area contributed by atoms with Crippen LogP contribution in [0.3, 0.4) is 0 Å². The van der Waals surface area contributed by atoms with E-state index in [0.717, 1.165) is 52.5 Å². The van der Waals surface area contributed by atoms with Gasteiger partial charge in [-0.25, -0.2) is 0 Å². The minimum atomic E-state index is -0.539. The Morgan fingerprint density at radius 3 is 2.79 bits per heavy atom. The summed E-state index contributed by atoms with van der Waals surface area (Å²) < 4.78 is 0. The number of rotatable bonds is 8. The number of anilines is 1. The quantitative estimate of drug-likeness (QED) is 0.434. The molecule has 1 atom stereocenters. The molecule has 1 aromatic carbocycles. The third-order valence-corrected chi connectivity index (χ3v) is 6.76. The van der Waals surface area contributed by atoms with E-state index < -0.39 is 5.41 Å². The highest BCUT2D eigenvalue weighted by Crippen LogP contribution is 2.47. The fourth-order valence-electron chi connectivity index (χ4n) is 5.00. The van der Waals surface area contributed by atoms with Crippen molar-refractivity contribution >= 4 is 45.8 Å². The topological polar surface area (TPSA) is 82.0 Å². The SMILES string of the molecule is CCCC1(CC)C(=O)N(Cc2ncc3cc(Cl)ccc3c2/C(C=N)=C/NC)c2cnccc21. The number of aromatic nitrogens is 2. The second kappa shape index (κ2) is 9.32. The predicted molar refractivity (Wildman–Crippen MR) is 135 cm³/mol. The van der Waals surface area contributed by atoms with E-state index in [1.807, 2.05) is 29.2 Å². The maximum absolute atomic E-state index is 13.9. The van der Waals surface area contributed by atoms with Gasteiger partial charge in [0.05, 0.1) is 29.5 Å². The van der Waals surface area contributed by atoms with Crippen LogP contribution in [0.25, 0.3) is 16.3 Å². The largest absolute Gasteiger partial charge is 0.393 e. The molecule has 3 heterocycles. The molecule has 7 heteroatoms. The number of allylic oxidation sites excluding steroid dienone is 1. The summed E-state index contributed by atoms with van der Waals surface area (Å²) in [4.78, 5) is 24.8. The fraction of sp³-hybridized carbons (Fsp3) is 0.308. The average molecular weight is 462 g/mol. The summed E-state index contributed by atoms with van der Waals surface area (Å²) in [7, 11) is 1.80. The van der Waals surface area contributed by atoms with E-state index in [0.29, 0.717) is 17.1 Å². The minimum Gasteiger partial charge on any atom is -0.393 e. The number of pyridine rings is 2. The van der Waals surface area contributed by atoms with Crippen molar-refractivity contribution in [3.8, 4) is 0 Å². The van der Waals surface area contributed by atoms with E-state index >= 15 is 0 Å². The molecule has 170 valence electrons. The molecule has 6 nitrogen and oxygen atoms in total. The summed E-state index contributed by atoms with van der Waals surface area (Å²) in [6, 6.07) is 7.62. The van der Waals surface area contributed by atoms with Crippen molar-refractivity contribution in [3.63, 3.8) is 0 Å². The molecular formula is C26H28ClN5O. The van der Waals surface area contributed by atoms with Crippen molar-refractivity contribution in [2.45, 2.75) is 45.1 Å². The van der Waals surface area contributed by atoms with Gasteiger partial charge in [0.2, 0.25) is 5.91 Å². The summed E-state index contributed by atoms with van der Waals surface area (Å²) in [6.07, 6.45) is 10.8. The zero-order valence-electron chi connectivity index (χ0n) is 19.2. The Labute approximate surface area is 199 Å². The van der Waals surface area contributed by atoms with Gasteiger partial charge in [0.1, 0.15) is 0 Å². The summed E-state index contributed by atoms with van der Waals surface area (Å²) in [5.41, 5.74) is 3.57. The van der Waals surface area contributed by atoms with Crippen molar-refractivity contribution in [1.29, 1.82) is 5.41 Å². The first-order valence-corrected chi connectivity index (χ1v) is 11.6. The molecule has 0 spiro atoms. The van der Waals surface area contributed by atoms with E-state index in [1.165, 1.54) is 6.21 Å². The number of nitrogens with zero attached hydrogens (tertiary/aromatic N) is 3. The molecule has 0 fully saturated rings. The molecule has 33 heavy (non-hydrogen) atoms. The van der Waals surface area contributed by atoms with E-state index in [1.54, 1.807) is 31.8 Å². The lowest BCUT2D eigenvalue weighted by atomic mass is 9.76. The number of fused-ring (bicyclic) bond motifs is 2. The summed E-state index contributed by atoms with van der Waals surface area (Å²) in [5.74, 6) is 0.0906. The molecule has 1 amide bonds. The molecular weight excluding hydrogens is 434 g/mol. The number of benzene rings is 1. The lowest BCUT2D eigenvalue weighted by Crippen LogP contribution is -2.40. The molecule has 0 bridgehead atoms. The highest BCUT2D eigenvalue weighted by molar-refractivity contribution is 6.31. The normalized spacial score (nSPS) is 18.0. The minimum absolute atomic E-state index is 0.0906. The molecule has 1 aliphatic rings. The van der Waals surface area contributed by atoms with Crippen LogP contribution in [-0.2, 0) is 16.8 Å². The highest BCUT2D eigenvalue weighted by Gasteiger charge is 2.49. The zero-order valence-corrected chi connectivity index (χ0v) is 19.9. The molecule has 1 aliphatic heterocycles. The third-order valence-electron chi connectivity index (χ3n) is 6.52. The molecule has 1 unspecified atom stereocenters. The molecule has 4 rings (SSSR count). The zero-order chi connectivity index (χ0) is 23.6. The molecule has 0 saturated carbocycles. The summed E-state index contributed by atoms with van der Waals surface area (Å²) >= 11 is 6.22. The van der Waals surface area contributed by atoms with Gasteiger partial charge < -0.3 is 15.6 Å². The molecule has 3 aromatic rings. The van der Waals surface area contributed by atoms with Crippen LogP contribution in [0.4, 0.5) is 5.69 Å². The van der Waals surface area contributed by atoms with Crippen LogP contribution in [0.2, 0.25) is 5.02 Å². The number of hydrogen-bond donors (Lipinski definition) is 2. The smallest absolute Gasteiger partial charge is 0.238 e. The van der Waals surface area contributed by atoms with Crippen molar-refractivity contribution in [1.82, 2.24) is 15.3 Å². The van der Waals surface area contributed by atoms with Crippen LogP contribution < -0.4 is 10.2 Å². The highest BCUT2D eigenvalue weighted by atomic mass is 35.5. The number of hydrogen-bond acceptors (Lipinski definition) is 5. The third kappa shape index (κ3) is 3.78. The maximum Gasteiger partial charge on any atom is 0.238 e. The second-order valence-corrected chi connectivity index (χ2v) is 8.75. The van der Waals surface area contributed by atoms with Crippen molar-refractivity contribution in [2.24, 2.45) is 0 Å². The number of carbonyl (C=O) groups is 1. The van der Waals surface area contributed by atoms with Gasteiger partial charge in [-0.1, -0.05) is 37.9 Å². The van der Waals surface area contributed by atoms with E-state index in [2.05, 4.69) is 24.1 Å². The number of carbonyl (C=O) groups excluding carboxylic acids is 1. The molecule has 2 aromatic heterocycles. The van der Waals surface area contributed by atoms with Crippen molar-refractivity contribution < 1.29 is 4.79 Å². The van der Waals surface area contributed by atoms with E-state index in [-0.39, 0.29) is 5.91 Å². The molecule has 0 radical (unpaired) electrons. The van der Waals surface area contributed by atoms with Gasteiger partial charge in [-0.15, -0.1) is 0 Å². The van der Waals surface area contributed by atoms with E-state index in [4.69, 9.17) is 22.0 Å². The Morgan fingerprint density at radius 2 is 2.09 bits per heavy atom. The first-order chi connectivity index (χ1) is 16.0. The maximum atomic E-state index is 13.9. The number of halogens is 1. The Hall–Kier alpha value is -3.25. The number of nitrogens with one attached hydrogen (secondary N) is 2. The van der Waals surface area contributed by atoms with Crippen LogP contribution in [0.15, 0.2) is 49.1 Å². The Balaban J connectivity index is 1.89. The average Bonchev–Trinajstić information content (AvgIpc) is 3.06. The van der Waals surface area contributed by atoms with Crippen LogP contribution >= 0.6 is 11.6 Å². The van der Waals surface area contributed by atoms with Gasteiger partial charge >= 0.3 is 0 Å². The predicted octanol–water partition coefficient (Wildman–Crippen LogP) is 5.49. The summed E-state index contributed by atoms with van der Waals surface area (Å²) in [5, 5.41) is 13.5. The first kappa shape index (κ1) is 22.9. The van der Waals surface area contributed by atoms with Gasteiger partial charge in [-0.2, -0.15) is 0 Å². The van der Waals surface area contributed by atoms with Crippen LogP contribution in [0.5, 0.6) is 0 Å². The van der Waals surface area contributed by atoms with Gasteiger partial charge in [0, 0.05) is 53.4 Å². The van der Waals surface area contributed by atoms with Crippen LogP contribution in [0, 0.1) is 5.41 Å². The first-order valence-electron chi connectivity index (χ1n) is 11.2. The van der Waals surface area contributed by atoms with Crippen LogP contribution in [0.1, 0.15) is 49.9 Å². The summed E-state index contributed by atoms with van der Waals surface area (Å²) in [6.45, 7) is 4.49. The Kier molecular flexibility index (Phi) is 6.47. The molecule has 0 aliphatic carbocycles. The lowest BCUT2D eigenvalue weighted by Gasteiger charge is -2.27. The Morgan fingerprint density at radius 1 is 1.27 bits per heavy atom. The molecule has 0 saturated heterocycles. The Bertz CT molecular complexity index is 1250. The number of amides is 1. The fourth-order valence-corrected chi connectivity index (χ4v) is 5.18. The van der Waals surface area contributed by atoms with Crippen molar-refractivity contribution in [2.75, 3.05) is 11.9 Å². The van der Waals surface area contributed by atoms with Gasteiger partial charge in [0.25, 0.3) is 0 Å².